The Kier molecular flexibility index (Phi) is 5.88. The van der Waals surface area contributed by atoms with Gasteiger partial charge in [-0.15, -0.1) is 0 Å². The Morgan fingerprint density at radius 3 is 2.93 bits per heavy atom. The van der Waals surface area contributed by atoms with Crippen molar-refractivity contribution in [2.75, 3.05) is 18.6 Å². The van der Waals surface area contributed by atoms with Crippen LogP contribution < -0.4 is 4.74 Å². The molecule has 0 radical (unpaired) electrons. The van der Waals surface area contributed by atoms with Crippen LogP contribution in [0.25, 0.3) is 0 Å². The van der Waals surface area contributed by atoms with E-state index in [2.05, 4.69) is 6.26 Å². The Balaban J connectivity index is 2.18. The molecule has 0 fully saturated rings. The SMILES string of the molecule is CSCCCCOc1cccc(Cl)c1. The van der Waals surface area contributed by atoms with Gasteiger partial charge in [-0.05, 0) is 43.0 Å². The highest BCUT2D eigenvalue weighted by molar-refractivity contribution is 7.98. The van der Waals surface area contributed by atoms with Crippen LogP contribution in [0.15, 0.2) is 24.3 Å². The van der Waals surface area contributed by atoms with Gasteiger partial charge in [0.15, 0.2) is 0 Å². The van der Waals surface area contributed by atoms with Gasteiger partial charge in [0.2, 0.25) is 0 Å². The van der Waals surface area contributed by atoms with E-state index in [-0.39, 0.29) is 0 Å². The summed E-state index contributed by atoms with van der Waals surface area (Å²) in [5.41, 5.74) is 0. The van der Waals surface area contributed by atoms with E-state index in [4.69, 9.17) is 16.3 Å². The minimum absolute atomic E-state index is 0.728. The molecule has 78 valence electrons. The third kappa shape index (κ3) is 4.77. The zero-order chi connectivity index (χ0) is 10.2. The molecule has 0 saturated carbocycles. The molecule has 0 heterocycles. The van der Waals surface area contributed by atoms with Gasteiger partial charge in [-0.3, -0.25) is 0 Å². The summed E-state index contributed by atoms with van der Waals surface area (Å²) in [6.07, 6.45) is 4.44. The van der Waals surface area contributed by atoms with E-state index in [1.54, 1.807) is 0 Å². The van der Waals surface area contributed by atoms with Gasteiger partial charge >= 0.3 is 0 Å². The van der Waals surface area contributed by atoms with E-state index in [0.717, 1.165) is 23.8 Å². The lowest BCUT2D eigenvalue weighted by Crippen LogP contribution is -1.97. The highest BCUT2D eigenvalue weighted by Gasteiger charge is 1.94. The zero-order valence-corrected chi connectivity index (χ0v) is 9.90. The molecule has 0 aliphatic rings. The topological polar surface area (TPSA) is 9.23 Å². The van der Waals surface area contributed by atoms with Crippen LogP contribution in [-0.4, -0.2) is 18.6 Å². The van der Waals surface area contributed by atoms with Crippen LogP contribution in [0, 0.1) is 0 Å². The average Bonchev–Trinajstić information content (AvgIpc) is 2.18. The predicted octanol–water partition coefficient (Wildman–Crippen LogP) is 3.86. The van der Waals surface area contributed by atoms with Crippen molar-refractivity contribution in [2.45, 2.75) is 12.8 Å². The third-order valence-corrected chi connectivity index (χ3v) is 2.74. The van der Waals surface area contributed by atoms with Gasteiger partial charge in [-0.2, -0.15) is 11.8 Å². The van der Waals surface area contributed by atoms with Gasteiger partial charge in [-0.1, -0.05) is 17.7 Å². The molecule has 14 heavy (non-hydrogen) atoms. The first-order valence-electron chi connectivity index (χ1n) is 4.70. The minimum atomic E-state index is 0.728. The predicted molar refractivity (Wildman–Crippen MR) is 64.6 cm³/mol. The number of rotatable bonds is 6. The van der Waals surface area contributed by atoms with E-state index in [1.165, 1.54) is 12.2 Å². The Morgan fingerprint density at radius 2 is 2.21 bits per heavy atom. The smallest absolute Gasteiger partial charge is 0.120 e. The first-order chi connectivity index (χ1) is 6.83. The maximum absolute atomic E-state index is 5.82. The highest BCUT2D eigenvalue weighted by Crippen LogP contribution is 2.17. The summed E-state index contributed by atoms with van der Waals surface area (Å²) in [6, 6.07) is 7.53. The average molecular weight is 231 g/mol. The molecule has 0 aliphatic carbocycles. The monoisotopic (exact) mass is 230 g/mol. The summed E-state index contributed by atoms with van der Waals surface area (Å²) in [4.78, 5) is 0. The summed E-state index contributed by atoms with van der Waals surface area (Å²) in [7, 11) is 0. The van der Waals surface area contributed by atoms with Gasteiger partial charge in [-0.25, -0.2) is 0 Å². The van der Waals surface area contributed by atoms with Crippen LogP contribution in [0.2, 0.25) is 5.02 Å². The number of unbranched alkanes of at least 4 members (excludes halogenated alkanes) is 1. The fraction of sp³-hybridized carbons (Fsp3) is 0.455. The molecule has 1 aromatic rings. The lowest BCUT2D eigenvalue weighted by atomic mass is 10.3. The van der Waals surface area contributed by atoms with Crippen molar-refractivity contribution in [1.29, 1.82) is 0 Å². The van der Waals surface area contributed by atoms with Crippen LogP contribution in [0.4, 0.5) is 0 Å². The van der Waals surface area contributed by atoms with Crippen LogP contribution in [0.1, 0.15) is 12.8 Å². The molecule has 0 aliphatic heterocycles. The Bertz CT molecular complexity index is 265. The van der Waals surface area contributed by atoms with E-state index >= 15 is 0 Å². The molecule has 0 spiro atoms. The zero-order valence-electron chi connectivity index (χ0n) is 8.33. The Hall–Kier alpha value is -0.340. The van der Waals surface area contributed by atoms with Crippen molar-refractivity contribution in [3.05, 3.63) is 29.3 Å². The lowest BCUT2D eigenvalue weighted by Gasteiger charge is -2.05. The number of ether oxygens (including phenoxy) is 1. The molecular formula is C11H15ClOS. The third-order valence-electron chi connectivity index (χ3n) is 1.81. The van der Waals surface area contributed by atoms with Crippen LogP contribution in [0.3, 0.4) is 0 Å². The molecule has 0 unspecified atom stereocenters. The fourth-order valence-corrected chi connectivity index (χ4v) is 1.77. The molecular weight excluding hydrogens is 216 g/mol. The van der Waals surface area contributed by atoms with Crippen molar-refractivity contribution in [1.82, 2.24) is 0 Å². The first-order valence-corrected chi connectivity index (χ1v) is 6.47. The molecule has 1 aromatic carbocycles. The first kappa shape index (κ1) is 11.7. The van der Waals surface area contributed by atoms with Crippen molar-refractivity contribution >= 4 is 23.4 Å². The number of benzene rings is 1. The van der Waals surface area contributed by atoms with E-state index in [9.17, 15) is 0 Å². The van der Waals surface area contributed by atoms with Crippen molar-refractivity contribution in [2.24, 2.45) is 0 Å². The minimum Gasteiger partial charge on any atom is -0.494 e. The second-order valence-electron chi connectivity index (χ2n) is 3.01. The molecule has 1 rings (SSSR count). The summed E-state index contributed by atoms with van der Waals surface area (Å²) in [5, 5.41) is 0.728. The molecule has 0 bridgehead atoms. The van der Waals surface area contributed by atoms with Gasteiger partial charge in [0.25, 0.3) is 0 Å². The van der Waals surface area contributed by atoms with Crippen LogP contribution >= 0.6 is 23.4 Å². The normalized spacial score (nSPS) is 10.1. The molecule has 0 saturated heterocycles. The highest BCUT2D eigenvalue weighted by atomic mass is 35.5. The molecule has 0 N–H and O–H groups in total. The quantitative estimate of drug-likeness (QED) is 0.687. The van der Waals surface area contributed by atoms with Gasteiger partial charge in [0.1, 0.15) is 5.75 Å². The van der Waals surface area contributed by atoms with E-state index in [1.807, 2.05) is 36.0 Å². The van der Waals surface area contributed by atoms with Gasteiger partial charge in [0, 0.05) is 5.02 Å². The summed E-state index contributed by atoms with van der Waals surface area (Å²) in [5.74, 6) is 2.07. The van der Waals surface area contributed by atoms with E-state index in [0.29, 0.717) is 0 Å². The maximum atomic E-state index is 5.82. The van der Waals surface area contributed by atoms with Crippen molar-refractivity contribution in [3.8, 4) is 5.75 Å². The molecule has 0 amide bonds. The maximum Gasteiger partial charge on any atom is 0.120 e. The fourth-order valence-electron chi connectivity index (χ4n) is 1.10. The van der Waals surface area contributed by atoms with Gasteiger partial charge in [0.05, 0.1) is 6.61 Å². The molecule has 3 heteroatoms. The molecule has 1 nitrogen and oxygen atoms in total. The Morgan fingerprint density at radius 1 is 1.36 bits per heavy atom. The Labute approximate surface area is 94.8 Å². The number of halogens is 1. The lowest BCUT2D eigenvalue weighted by molar-refractivity contribution is 0.310. The van der Waals surface area contributed by atoms with Crippen molar-refractivity contribution in [3.63, 3.8) is 0 Å². The molecule has 0 aromatic heterocycles. The van der Waals surface area contributed by atoms with E-state index < -0.39 is 0 Å². The van der Waals surface area contributed by atoms with Crippen molar-refractivity contribution < 1.29 is 4.74 Å². The summed E-state index contributed by atoms with van der Waals surface area (Å²) in [6.45, 7) is 0.779. The number of thioether (sulfide) groups is 1. The second-order valence-corrected chi connectivity index (χ2v) is 4.43. The summed E-state index contributed by atoms with van der Waals surface area (Å²) >= 11 is 7.70. The second kappa shape index (κ2) is 7.02. The van der Waals surface area contributed by atoms with Crippen LogP contribution in [0.5, 0.6) is 5.75 Å². The summed E-state index contributed by atoms with van der Waals surface area (Å²) < 4.78 is 5.54. The largest absolute Gasteiger partial charge is 0.494 e. The number of hydrogen-bond acceptors (Lipinski definition) is 2. The van der Waals surface area contributed by atoms with Crippen LogP contribution in [-0.2, 0) is 0 Å². The standard InChI is InChI=1S/C11H15ClOS/c1-14-8-3-2-7-13-11-6-4-5-10(12)9-11/h4-6,9H,2-3,7-8H2,1H3. The van der Waals surface area contributed by atoms with Gasteiger partial charge < -0.3 is 4.74 Å². The number of hydrogen-bond donors (Lipinski definition) is 0. The molecule has 0 atom stereocenters.